The van der Waals surface area contributed by atoms with Gasteiger partial charge in [-0.15, -0.1) is 0 Å². The molecule has 16 heavy (non-hydrogen) atoms. The van der Waals surface area contributed by atoms with Crippen LogP contribution in [0.2, 0.25) is 0 Å². The number of aliphatic hydroxyl groups excluding tert-OH is 1. The fourth-order valence-electron chi connectivity index (χ4n) is 2.01. The molecule has 86 valence electrons. The molecule has 2 heterocycles. The Morgan fingerprint density at radius 3 is 2.81 bits per heavy atom. The molecule has 0 aromatic carbocycles. The first-order chi connectivity index (χ1) is 7.58. The van der Waals surface area contributed by atoms with Gasteiger partial charge in [0.25, 0.3) is 5.91 Å². The van der Waals surface area contributed by atoms with Gasteiger partial charge in [0.1, 0.15) is 0 Å². The van der Waals surface area contributed by atoms with E-state index in [0.717, 1.165) is 11.4 Å². The highest BCUT2D eigenvalue weighted by Crippen LogP contribution is 2.15. The Kier molecular flexibility index (Phi) is 2.92. The SMILES string of the molecule is Cc1ccc(C(=O)N2CC[C@H](O)C2)c(C)n1. The van der Waals surface area contributed by atoms with E-state index in [4.69, 9.17) is 0 Å². The summed E-state index contributed by atoms with van der Waals surface area (Å²) < 4.78 is 0. The standard InChI is InChI=1S/C12H16N2O2/c1-8-3-4-11(9(2)13-8)12(16)14-6-5-10(15)7-14/h3-4,10,15H,5-7H2,1-2H3/t10-/m0/s1. The molecule has 1 aliphatic heterocycles. The molecule has 0 aliphatic carbocycles. The van der Waals surface area contributed by atoms with Crippen molar-refractivity contribution in [2.24, 2.45) is 0 Å². The highest BCUT2D eigenvalue weighted by atomic mass is 16.3. The monoisotopic (exact) mass is 220 g/mol. The molecule has 0 radical (unpaired) electrons. The summed E-state index contributed by atoms with van der Waals surface area (Å²) in [5, 5.41) is 9.40. The minimum Gasteiger partial charge on any atom is -0.391 e. The second-order valence-corrected chi connectivity index (χ2v) is 4.28. The van der Waals surface area contributed by atoms with Crippen molar-refractivity contribution in [1.82, 2.24) is 9.88 Å². The molecule has 0 spiro atoms. The predicted molar refractivity (Wildman–Crippen MR) is 60.2 cm³/mol. The summed E-state index contributed by atoms with van der Waals surface area (Å²) in [4.78, 5) is 18.1. The number of hydrogen-bond acceptors (Lipinski definition) is 3. The predicted octanol–water partition coefficient (Wildman–Crippen LogP) is 0.905. The second kappa shape index (κ2) is 4.22. The van der Waals surface area contributed by atoms with Crippen LogP contribution in [0.5, 0.6) is 0 Å². The van der Waals surface area contributed by atoms with Gasteiger partial charge in [0.05, 0.1) is 17.4 Å². The lowest BCUT2D eigenvalue weighted by molar-refractivity contribution is 0.0763. The minimum atomic E-state index is -0.373. The van der Waals surface area contributed by atoms with Gasteiger partial charge >= 0.3 is 0 Å². The van der Waals surface area contributed by atoms with E-state index in [2.05, 4.69) is 4.98 Å². The smallest absolute Gasteiger partial charge is 0.255 e. The number of aliphatic hydroxyl groups is 1. The van der Waals surface area contributed by atoms with Crippen LogP contribution < -0.4 is 0 Å². The molecule has 1 aromatic rings. The van der Waals surface area contributed by atoms with Crippen LogP contribution in [0.1, 0.15) is 28.2 Å². The fourth-order valence-corrected chi connectivity index (χ4v) is 2.01. The maximum atomic E-state index is 12.1. The molecule has 4 nitrogen and oxygen atoms in total. The molecule has 1 N–H and O–H groups in total. The molecule has 1 aromatic heterocycles. The van der Waals surface area contributed by atoms with E-state index in [1.54, 1.807) is 4.90 Å². The lowest BCUT2D eigenvalue weighted by atomic mass is 10.1. The quantitative estimate of drug-likeness (QED) is 0.765. The van der Waals surface area contributed by atoms with Crippen molar-refractivity contribution in [3.8, 4) is 0 Å². The number of carbonyl (C=O) groups is 1. The molecule has 0 saturated carbocycles. The number of likely N-dealkylation sites (tertiary alicyclic amines) is 1. The number of aryl methyl sites for hydroxylation is 2. The number of β-amino-alcohol motifs (C(OH)–C–C–N with tert-alkyl or cyclic N) is 1. The van der Waals surface area contributed by atoms with Gasteiger partial charge in [-0.3, -0.25) is 9.78 Å². The van der Waals surface area contributed by atoms with E-state index in [1.165, 1.54) is 0 Å². The lowest BCUT2D eigenvalue weighted by Gasteiger charge is -2.16. The number of rotatable bonds is 1. The molecular weight excluding hydrogens is 204 g/mol. The van der Waals surface area contributed by atoms with Crippen LogP contribution in [-0.4, -0.2) is 40.1 Å². The van der Waals surface area contributed by atoms with Crippen molar-refractivity contribution in [2.75, 3.05) is 13.1 Å². The van der Waals surface area contributed by atoms with E-state index in [9.17, 15) is 9.90 Å². The highest BCUT2D eigenvalue weighted by molar-refractivity contribution is 5.95. The van der Waals surface area contributed by atoms with Crippen LogP contribution in [0.3, 0.4) is 0 Å². The van der Waals surface area contributed by atoms with Gasteiger partial charge in [-0.25, -0.2) is 0 Å². The van der Waals surface area contributed by atoms with Crippen LogP contribution >= 0.6 is 0 Å². The van der Waals surface area contributed by atoms with Crippen LogP contribution in [0.25, 0.3) is 0 Å². The molecule has 2 rings (SSSR count). The Balaban J connectivity index is 2.21. The zero-order valence-corrected chi connectivity index (χ0v) is 9.60. The van der Waals surface area contributed by atoms with Crippen LogP contribution in [0, 0.1) is 13.8 Å². The largest absolute Gasteiger partial charge is 0.391 e. The van der Waals surface area contributed by atoms with Gasteiger partial charge in [0.2, 0.25) is 0 Å². The van der Waals surface area contributed by atoms with Gasteiger partial charge in [-0.05, 0) is 32.4 Å². The van der Waals surface area contributed by atoms with E-state index in [1.807, 2.05) is 26.0 Å². The Morgan fingerprint density at radius 1 is 1.50 bits per heavy atom. The maximum Gasteiger partial charge on any atom is 0.255 e. The number of hydrogen-bond donors (Lipinski definition) is 1. The van der Waals surface area contributed by atoms with Crippen molar-refractivity contribution >= 4 is 5.91 Å². The van der Waals surface area contributed by atoms with Crippen molar-refractivity contribution in [3.05, 3.63) is 29.1 Å². The summed E-state index contributed by atoms with van der Waals surface area (Å²) in [5.74, 6) is -0.0263. The zero-order valence-electron chi connectivity index (χ0n) is 9.60. The van der Waals surface area contributed by atoms with Crippen molar-refractivity contribution < 1.29 is 9.90 Å². The first-order valence-electron chi connectivity index (χ1n) is 5.49. The van der Waals surface area contributed by atoms with Crippen LogP contribution in [-0.2, 0) is 0 Å². The third kappa shape index (κ3) is 2.07. The van der Waals surface area contributed by atoms with Gasteiger partial charge in [-0.1, -0.05) is 0 Å². The minimum absolute atomic E-state index is 0.0263. The summed E-state index contributed by atoms with van der Waals surface area (Å²) in [5.41, 5.74) is 2.31. The Bertz CT molecular complexity index is 417. The Labute approximate surface area is 94.9 Å². The van der Waals surface area contributed by atoms with E-state index in [0.29, 0.717) is 25.1 Å². The summed E-state index contributed by atoms with van der Waals surface area (Å²) >= 11 is 0. The number of pyridine rings is 1. The molecule has 1 saturated heterocycles. The van der Waals surface area contributed by atoms with Crippen LogP contribution in [0.15, 0.2) is 12.1 Å². The van der Waals surface area contributed by atoms with Crippen molar-refractivity contribution in [1.29, 1.82) is 0 Å². The van der Waals surface area contributed by atoms with E-state index in [-0.39, 0.29) is 12.0 Å². The van der Waals surface area contributed by atoms with Crippen molar-refractivity contribution in [3.63, 3.8) is 0 Å². The van der Waals surface area contributed by atoms with Crippen molar-refractivity contribution in [2.45, 2.75) is 26.4 Å². The molecule has 4 heteroatoms. The van der Waals surface area contributed by atoms with Gasteiger partial charge in [-0.2, -0.15) is 0 Å². The fraction of sp³-hybridized carbons (Fsp3) is 0.500. The number of carbonyl (C=O) groups excluding carboxylic acids is 1. The Hall–Kier alpha value is -1.42. The maximum absolute atomic E-state index is 12.1. The molecule has 0 bridgehead atoms. The molecule has 1 atom stereocenters. The Morgan fingerprint density at radius 2 is 2.25 bits per heavy atom. The topological polar surface area (TPSA) is 53.4 Å². The normalized spacial score (nSPS) is 20.2. The average Bonchev–Trinajstić information content (AvgIpc) is 2.64. The number of nitrogens with zero attached hydrogens (tertiary/aromatic N) is 2. The number of aromatic nitrogens is 1. The molecule has 1 fully saturated rings. The summed E-state index contributed by atoms with van der Waals surface area (Å²) in [7, 11) is 0. The molecule has 1 amide bonds. The lowest BCUT2D eigenvalue weighted by Crippen LogP contribution is -2.30. The van der Waals surface area contributed by atoms with Gasteiger partial charge in [0, 0.05) is 18.8 Å². The average molecular weight is 220 g/mol. The first-order valence-corrected chi connectivity index (χ1v) is 5.49. The summed E-state index contributed by atoms with van der Waals surface area (Å²) in [6.45, 7) is 4.81. The molecule has 1 aliphatic rings. The zero-order chi connectivity index (χ0) is 11.7. The second-order valence-electron chi connectivity index (χ2n) is 4.28. The first kappa shape index (κ1) is 11.1. The van der Waals surface area contributed by atoms with E-state index >= 15 is 0 Å². The third-order valence-electron chi connectivity index (χ3n) is 2.91. The highest BCUT2D eigenvalue weighted by Gasteiger charge is 2.26. The third-order valence-corrected chi connectivity index (χ3v) is 2.91. The number of amides is 1. The van der Waals surface area contributed by atoms with E-state index < -0.39 is 0 Å². The summed E-state index contributed by atoms with van der Waals surface area (Å²) in [6.07, 6.45) is 0.298. The molecule has 0 unspecified atom stereocenters. The van der Waals surface area contributed by atoms with Crippen LogP contribution in [0.4, 0.5) is 0 Å². The van der Waals surface area contributed by atoms with Gasteiger partial charge in [0.15, 0.2) is 0 Å². The summed E-state index contributed by atoms with van der Waals surface area (Å²) in [6, 6.07) is 3.65. The van der Waals surface area contributed by atoms with Gasteiger partial charge < -0.3 is 10.0 Å². The molecular formula is C12H16N2O2.